The highest BCUT2D eigenvalue weighted by Gasteiger charge is 2.24. The Bertz CT molecular complexity index is 562. The zero-order valence-electron chi connectivity index (χ0n) is 14.9. The molecule has 24 heavy (non-hydrogen) atoms. The second-order valence-corrected chi connectivity index (χ2v) is 6.99. The third-order valence-electron chi connectivity index (χ3n) is 5.23. The van der Waals surface area contributed by atoms with Gasteiger partial charge in [-0.3, -0.25) is 9.69 Å². The molecule has 5 nitrogen and oxygen atoms in total. The van der Waals surface area contributed by atoms with Crippen LogP contribution in [0.5, 0.6) is 5.75 Å². The minimum Gasteiger partial charge on any atom is -0.496 e. The zero-order chi connectivity index (χ0) is 16.9. The van der Waals surface area contributed by atoms with E-state index in [4.69, 9.17) is 4.74 Å². The number of hydrogen-bond donors (Lipinski definition) is 1. The highest BCUT2D eigenvalue weighted by Crippen LogP contribution is 2.21. The van der Waals surface area contributed by atoms with Gasteiger partial charge in [-0.25, -0.2) is 0 Å². The summed E-state index contributed by atoms with van der Waals surface area (Å²) in [4.78, 5) is 17.2. The molecule has 1 aromatic rings. The molecule has 0 aromatic heterocycles. The quantitative estimate of drug-likeness (QED) is 0.913. The minimum absolute atomic E-state index is 0.118. The van der Waals surface area contributed by atoms with Crippen molar-refractivity contribution < 1.29 is 9.53 Å². The van der Waals surface area contributed by atoms with E-state index in [2.05, 4.69) is 10.2 Å². The molecule has 0 radical (unpaired) electrons. The van der Waals surface area contributed by atoms with Gasteiger partial charge in [-0.1, -0.05) is 6.07 Å². The SMILES string of the molecule is COc1cc(C(=O)N2CCN(CC3CCCNC3)CC2)ccc1C. The lowest BCUT2D eigenvalue weighted by molar-refractivity contribution is 0.0609. The number of benzene rings is 1. The van der Waals surface area contributed by atoms with Crippen molar-refractivity contribution in [3.05, 3.63) is 29.3 Å². The van der Waals surface area contributed by atoms with E-state index in [1.807, 2.05) is 30.0 Å². The van der Waals surface area contributed by atoms with Crippen LogP contribution in [0, 0.1) is 12.8 Å². The fourth-order valence-electron chi connectivity index (χ4n) is 3.71. The molecule has 1 aromatic carbocycles. The molecular formula is C19H29N3O2. The van der Waals surface area contributed by atoms with Gasteiger partial charge >= 0.3 is 0 Å². The van der Waals surface area contributed by atoms with Gasteiger partial charge in [0.25, 0.3) is 5.91 Å². The number of aryl methyl sites for hydroxylation is 1. The van der Waals surface area contributed by atoms with Gasteiger partial charge in [0, 0.05) is 38.3 Å². The maximum Gasteiger partial charge on any atom is 0.254 e. The summed E-state index contributed by atoms with van der Waals surface area (Å²) >= 11 is 0. The molecule has 1 unspecified atom stereocenters. The molecular weight excluding hydrogens is 302 g/mol. The van der Waals surface area contributed by atoms with Crippen LogP contribution in [-0.4, -0.2) is 68.6 Å². The molecule has 1 amide bonds. The first kappa shape index (κ1) is 17.2. The molecule has 5 heteroatoms. The Kier molecular flexibility index (Phi) is 5.74. The summed E-state index contributed by atoms with van der Waals surface area (Å²) in [7, 11) is 1.65. The second kappa shape index (κ2) is 7.99. The van der Waals surface area contributed by atoms with Gasteiger partial charge in [0.05, 0.1) is 7.11 Å². The van der Waals surface area contributed by atoms with Crippen LogP contribution in [-0.2, 0) is 0 Å². The lowest BCUT2D eigenvalue weighted by Gasteiger charge is -2.37. The predicted octanol–water partition coefficient (Wildman–Crippen LogP) is 1.76. The molecule has 1 N–H and O–H groups in total. The number of nitrogens with one attached hydrogen (secondary N) is 1. The lowest BCUT2D eigenvalue weighted by Crippen LogP contribution is -2.50. The first-order chi connectivity index (χ1) is 11.7. The van der Waals surface area contributed by atoms with Crippen molar-refractivity contribution in [1.29, 1.82) is 0 Å². The second-order valence-electron chi connectivity index (χ2n) is 6.99. The maximum absolute atomic E-state index is 12.7. The maximum atomic E-state index is 12.7. The van der Waals surface area contributed by atoms with Gasteiger partial charge in [-0.15, -0.1) is 0 Å². The Morgan fingerprint density at radius 1 is 1.29 bits per heavy atom. The van der Waals surface area contributed by atoms with E-state index in [0.717, 1.165) is 62.1 Å². The fraction of sp³-hybridized carbons (Fsp3) is 0.632. The number of ether oxygens (including phenoxy) is 1. The van der Waals surface area contributed by atoms with Crippen molar-refractivity contribution in [2.45, 2.75) is 19.8 Å². The van der Waals surface area contributed by atoms with Crippen molar-refractivity contribution in [3.8, 4) is 5.75 Å². The number of carbonyl (C=O) groups is 1. The monoisotopic (exact) mass is 331 g/mol. The number of hydrogen-bond acceptors (Lipinski definition) is 4. The smallest absolute Gasteiger partial charge is 0.254 e. The van der Waals surface area contributed by atoms with Crippen LogP contribution in [0.4, 0.5) is 0 Å². The van der Waals surface area contributed by atoms with Crippen molar-refractivity contribution in [1.82, 2.24) is 15.1 Å². The molecule has 132 valence electrons. The number of carbonyl (C=O) groups excluding carboxylic acids is 1. The van der Waals surface area contributed by atoms with E-state index in [9.17, 15) is 4.79 Å². The molecule has 2 aliphatic heterocycles. The van der Waals surface area contributed by atoms with Gasteiger partial charge in [0.1, 0.15) is 5.75 Å². The molecule has 0 aliphatic carbocycles. The first-order valence-electron chi connectivity index (χ1n) is 9.04. The van der Waals surface area contributed by atoms with Gasteiger partial charge in [0.2, 0.25) is 0 Å². The third kappa shape index (κ3) is 4.08. The Morgan fingerprint density at radius 3 is 2.75 bits per heavy atom. The number of methoxy groups -OCH3 is 1. The van der Waals surface area contributed by atoms with Gasteiger partial charge in [0.15, 0.2) is 0 Å². The summed E-state index contributed by atoms with van der Waals surface area (Å²) in [6.07, 6.45) is 2.62. The number of amides is 1. The van der Waals surface area contributed by atoms with Crippen LogP contribution < -0.4 is 10.1 Å². The van der Waals surface area contributed by atoms with Crippen molar-refractivity contribution in [2.75, 3.05) is 52.9 Å². The highest BCUT2D eigenvalue weighted by molar-refractivity contribution is 5.94. The number of rotatable bonds is 4. The standard InChI is InChI=1S/C19H29N3O2/c1-15-5-6-17(12-18(15)24-2)19(23)22-10-8-21(9-11-22)14-16-4-3-7-20-13-16/h5-6,12,16,20H,3-4,7-11,13-14H2,1-2H3. The summed E-state index contributed by atoms with van der Waals surface area (Å²) in [6.45, 7) is 9.04. The normalized spacial score (nSPS) is 22.4. The van der Waals surface area contributed by atoms with Gasteiger partial charge in [-0.2, -0.15) is 0 Å². The van der Waals surface area contributed by atoms with Crippen LogP contribution in [0.3, 0.4) is 0 Å². The average Bonchev–Trinajstić information content (AvgIpc) is 2.63. The third-order valence-corrected chi connectivity index (χ3v) is 5.23. The average molecular weight is 331 g/mol. The predicted molar refractivity (Wildman–Crippen MR) is 95.7 cm³/mol. The fourth-order valence-corrected chi connectivity index (χ4v) is 3.71. The van der Waals surface area contributed by atoms with E-state index >= 15 is 0 Å². The van der Waals surface area contributed by atoms with Crippen LogP contribution in [0.15, 0.2) is 18.2 Å². The zero-order valence-corrected chi connectivity index (χ0v) is 14.9. The molecule has 2 fully saturated rings. The summed E-state index contributed by atoms with van der Waals surface area (Å²) in [5, 5.41) is 3.49. The van der Waals surface area contributed by atoms with E-state index < -0.39 is 0 Å². The molecule has 0 saturated carbocycles. The van der Waals surface area contributed by atoms with Crippen LogP contribution in [0.1, 0.15) is 28.8 Å². The molecule has 2 aliphatic rings. The molecule has 2 saturated heterocycles. The number of nitrogens with zero attached hydrogens (tertiary/aromatic N) is 2. The molecule has 3 rings (SSSR count). The Balaban J connectivity index is 1.53. The van der Waals surface area contributed by atoms with Crippen LogP contribution in [0.2, 0.25) is 0 Å². The van der Waals surface area contributed by atoms with Crippen LogP contribution in [0.25, 0.3) is 0 Å². The lowest BCUT2D eigenvalue weighted by atomic mass is 9.99. The van der Waals surface area contributed by atoms with Gasteiger partial charge < -0.3 is 15.0 Å². The van der Waals surface area contributed by atoms with E-state index in [1.165, 1.54) is 19.4 Å². The largest absolute Gasteiger partial charge is 0.496 e. The number of piperidine rings is 1. The van der Waals surface area contributed by atoms with Crippen molar-refractivity contribution in [2.24, 2.45) is 5.92 Å². The summed E-state index contributed by atoms with van der Waals surface area (Å²) in [6, 6.07) is 5.72. The minimum atomic E-state index is 0.118. The van der Waals surface area contributed by atoms with Crippen LogP contribution >= 0.6 is 0 Å². The molecule has 0 bridgehead atoms. The molecule has 0 spiro atoms. The molecule has 2 heterocycles. The first-order valence-corrected chi connectivity index (χ1v) is 9.04. The van der Waals surface area contributed by atoms with Crippen molar-refractivity contribution in [3.63, 3.8) is 0 Å². The van der Waals surface area contributed by atoms with E-state index in [1.54, 1.807) is 7.11 Å². The summed E-state index contributed by atoms with van der Waals surface area (Å²) in [5.74, 6) is 1.67. The topological polar surface area (TPSA) is 44.8 Å². The highest BCUT2D eigenvalue weighted by atomic mass is 16.5. The summed E-state index contributed by atoms with van der Waals surface area (Å²) in [5.41, 5.74) is 1.78. The molecule has 1 atom stereocenters. The van der Waals surface area contributed by atoms with Gasteiger partial charge in [-0.05, 0) is 56.5 Å². The van der Waals surface area contributed by atoms with E-state index in [0.29, 0.717) is 0 Å². The number of piperazine rings is 1. The Labute approximate surface area is 145 Å². The Morgan fingerprint density at radius 2 is 2.08 bits per heavy atom. The summed E-state index contributed by atoms with van der Waals surface area (Å²) < 4.78 is 5.34. The van der Waals surface area contributed by atoms with Crippen molar-refractivity contribution >= 4 is 5.91 Å². The van der Waals surface area contributed by atoms with E-state index in [-0.39, 0.29) is 5.91 Å². The Hall–Kier alpha value is -1.59.